The van der Waals surface area contributed by atoms with E-state index in [9.17, 15) is 4.79 Å². The zero-order chi connectivity index (χ0) is 15.6. The molecule has 2 aromatic carbocycles. The first-order valence-corrected chi connectivity index (χ1v) is 7.75. The van der Waals surface area contributed by atoms with Crippen LogP contribution >= 0.6 is 0 Å². The summed E-state index contributed by atoms with van der Waals surface area (Å²) < 4.78 is 0. The highest BCUT2D eigenvalue weighted by Gasteiger charge is 2.26. The lowest BCUT2D eigenvalue weighted by atomic mass is 9.96. The van der Waals surface area contributed by atoms with Crippen LogP contribution in [-0.4, -0.2) is 10.9 Å². The molecule has 0 spiro atoms. The van der Waals surface area contributed by atoms with Gasteiger partial charge >= 0.3 is 0 Å². The molecule has 0 atom stereocenters. The second-order valence-electron chi connectivity index (χ2n) is 5.63. The highest BCUT2D eigenvalue weighted by atomic mass is 16.2. The Morgan fingerprint density at radius 3 is 2.43 bits per heavy atom. The molecule has 23 heavy (non-hydrogen) atoms. The first kappa shape index (κ1) is 13.7. The van der Waals surface area contributed by atoms with Gasteiger partial charge in [0.25, 0.3) is 0 Å². The molecule has 0 unspecified atom stereocenters. The van der Waals surface area contributed by atoms with Crippen LogP contribution in [0, 0.1) is 0 Å². The van der Waals surface area contributed by atoms with Gasteiger partial charge in [-0.2, -0.15) is 0 Å². The van der Waals surface area contributed by atoms with Gasteiger partial charge in [-0.3, -0.25) is 9.69 Å². The van der Waals surface area contributed by atoms with Gasteiger partial charge in [-0.15, -0.1) is 0 Å². The Hall–Kier alpha value is -2.94. The van der Waals surface area contributed by atoms with E-state index >= 15 is 0 Å². The standard InChI is InChI=1S/C20H16N2O/c23-20-12-10-17-14-16(15-6-2-1-3-7-15)9-11-18(17)22(20)19-8-4-5-13-21-19/h1-9,11,13-14H,10,12H2. The minimum Gasteiger partial charge on any atom is -0.274 e. The molecule has 112 valence electrons. The second kappa shape index (κ2) is 5.69. The minimum atomic E-state index is 0.101. The summed E-state index contributed by atoms with van der Waals surface area (Å²) in [6.07, 6.45) is 3.01. The van der Waals surface area contributed by atoms with Crippen LogP contribution in [0.4, 0.5) is 11.5 Å². The summed E-state index contributed by atoms with van der Waals surface area (Å²) in [6.45, 7) is 0. The summed E-state index contributed by atoms with van der Waals surface area (Å²) in [5.41, 5.74) is 4.51. The molecule has 0 N–H and O–H groups in total. The SMILES string of the molecule is O=C1CCc2cc(-c3ccccc3)ccc2N1c1ccccn1. The Balaban J connectivity index is 1.79. The van der Waals surface area contributed by atoms with Crippen LogP contribution in [0.3, 0.4) is 0 Å². The number of aryl methyl sites for hydroxylation is 1. The molecular formula is C20H16N2O. The smallest absolute Gasteiger partial charge is 0.233 e. The number of nitrogens with zero attached hydrogens (tertiary/aromatic N) is 2. The van der Waals surface area contributed by atoms with Gasteiger partial charge in [0.05, 0.1) is 5.69 Å². The third kappa shape index (κ3) is 2.50. The van der Waals surface area contributed by atoms with Crippen molar-refractivity contribution in [1.82, 2.24) is 4.98 Å². The molecule has 0 saturated carbocycles. The number of benzene rings is 2. The molecule has 3 nitrogen and oxygen atoms in total. The van der Waals surface area contributed by atoms with E-state index in [1.54, 1.807) is 11.1 Å². The molecule has 4 rings (SSSR count). The van der Waals surface area contributed by atoms with Crippen molar-refractivity contribution in [2.45, 2.75) is 12.8 Å². The fourth-order valence-electron chi connectivity index (χ4n) is 3.04. The fraction of sp³-hybridized carbons (Fsp3) is 0.100. The van der Waals surface area contributed by atoms with Gasteiger partial charge in [0.2, 0.25) is 5.91 Å². The molecule has 0 saturated heterocycles. The topological polar surface area (TPSA) is 33.2 Å². The number of amides is 1. The van der Waals surface area contributed by atoms with E-state index in [0.717, 1.165) is 12.1 Å². The predicted octanol–water partition coefficient (Wildman–Crippen LogP) is 4.36. The van der Waals surface area contributed by atoms with Gasteiger partial charge in [0.15, 0.2) is 0 Å². The normalized spacial score (nSPS) is 13.7. The van der Waals surface area contributed by atoms with Crippen LogP contribution in [0.2, 0.25) is 0 Å². The van der Waals surface area contributed by atoms with Crippen molar-refractivity contribution in [2.75, 3.05) is 4.90 Å². The number of rotatable bonds is 2. The molecule has 0 bridgehead atoms. The van der Waals surface area contributed by atoms with E-state index in [0.29, 0.717) is 12.2 Å². The third-order valence-electron chi connectivity index (χ3n) is 4.16. The molecule has 0 radical (unpaired) electrons. The average molecular weight is 300 g/mol. The number of aromatic nitrogens is 1. The van der Waals surface area contributed by atoms with Crippen LogP contribution < -0.4 is 4.90 Å². The van der Waals surface area contributed by atoms with Crippen molar-refractivity contribution in [3.8, 4) is 11.1 Å². The number of anilines is 2. The van der Waals surface area contributed by atoms with Crippen molar-refractivity contribution in [2.24, 2.45) is 0 Å². The molecule has 0 aliphatic carbocycles. The fourth-order valence-corrected chi connectivity index (χ4v) is 3.04. The largest absolute Gasteiger partial charge is 0.274 e. The second-order valence-corrected chi connectivity index (χ2v) is 5.63. The number of carbonyl (C=O) groups is 1. The van der Waals surface area contributed by atoms with E-state index in [-0.39, 0.29) is 5.91 Å². The zero-order valence-corrected chi connectivity index (χ0v) is 12.6. The quantitative estimate of drug-likeness (QED) is 0.704. The Labute approximate surface area is 135 Å². The summed E-state index contributed by atoms with van der Waals surface area (Å²) in [6, 6.07) is 22.2. The lowest BCUT2D eigenvalue weighted by Crippen LogP contribution is -2.31. The molecule has 0 fully saturated rings. The van der Waals surface area contributed by atoms with Crippen LogP contribution in [0.25, 0.3) is 11.1 Å². The highest BCUT2D eigenvalue weighted by molar-refractivity contribution is 6.02. The average Bonchev–Trinajstić information content (AvgIpc) is 2.63. The lowest BCUT2D eigenvalue weighted by molar-refractivity contribution is -0.118. The lowest BCUT2D eigenvalue weighted by Gasteiger charge is -2.29. The molecule has 3 aromatic rings. The molecule has 1 aromatic heterocycles. The summed E-state index contributed by atoms with van der Waals surface area (Å²) >= 11 is 0. The number of hydrogen-bond donors (Lipinski definition) is 0. The summed E-state index contributed by atoms with van der Waals surface area (Å²) in [4.78, 5) is 18.5. The van der Waals surface area contributed by atoms with E-state index in [4.69, 9.17) is 0 Å². The van der Waals surface area contributed by atoms with Gasteiger partial charge in [0, 0.05) is 12.6 Å². The van der Waals surface area contributed by atoms with E-state index in [2.05, 4.69) is 29.2 Å². The van der Waals surface area contributed by atoms with Crippen molar-refractivity contribution >= 4 is 17.4 Å². The maximum Gasteiger partial charge on any atom is 0.233 e. The van der Waals surface area contributed by atoms with Crippen molar-refractivity contribution in [1.29, 1.82) is 0 Å². The van der Waals surface area contributed by atoms with E-state index < -0.39 is 0 Å². The highest BCUT2D eigenvalue weighted by Crippen LogP contribution is 2.35. The minimum absolute atomic E-state index is 0.101. The summed E-state index contributed by atoms with van der Waals surface area (Å²) in [7, 11) is 0. The Morgan fingerprint density at radius 1 is 0.826 bits per heavy atom. The molecule has 2 heterocycles. The number of carbonyl (C=O) groups excluding carboxylic acids is 1. The zero-order valence-electron chi connectivity index (χ0n) is 12.6. The predicted molar refractivity (Wildman–Crippen MR) is 91.6 cm³/mol. The third-order valence-corrected chi connectivity index (χ3v) is 4.16. The molecule has 1 amide bonds. The van der Waals surface area contributed by atoms with Crippen LogP contribution in [0.15, 0.2) is 72.9 Å². The van der Waals surface area contributed by atoms with Crippen molar-refractivity contribution in [3.63, 3.8) is 0 Å². The summed E-state index contributed by atoms with van der Waals surface area (Å²) in [5, 5.41) is 0. The first-order valence-electron chi connectivity index (χ1n) is 7.75. The monoisotopic (exact) mass is 300 g/mol. The number of pyridine rings is 1. The molecule has 1 aliphatic heterocycles. The van der Waals surface area contributed by atoms with Crippen molar-refractivity contribution < 1.29 is 4.79 Å². The summed E-state index contributed by atoms with van der Waals surface area (Å²) in [5.74, 6) is 0.787. The van der Waals surface area contributed by atoms with Gasteiger partial charge < -0.3 is 0 Å². The Morgan fingerprint density at radius 2 is 1.65 bits per heavy atom. The van der Waals surface area contributed by atoms with Gasteiger partial charge in [-0.25, -0.2) is 4.98 Å². The van der Waals surface area contributed by atoms with Crippen molar-refractivity contribution in [3.05, 3.63) is 78.5 Å². The Kier molecular flexibility index (Phi) is 3.39. The van der Waals surface area contributed by atoms with E-state index in [1.807, 2.05) is 42.5 Å². The van der Waals surface area contributed by atoms with E-state index in [1.165, 1.54) is 16.7 Å². The number of hydrogen-bond acceptors (Lipinski definition) is 2. The molecule has 3 heteroatoms. The maximum absolute atomic E-state index is 12.4. The Bertz CT molecular complexity index is 844. The molecular weight excluding hydrogens is 284 g/mol. The van der Waals surface area contributed by atoms with Crippen LogP contribution in [-0.2, 0) is 11.2 Å². The van der Waals surface area contributed by atoms with Crippen LogP contribution in [0.5, 0.6) is 0 Å². The molecule has 1 aliphatic rings. The van der Waals surface area contributed by atoms with Crippen LogP contribution in [0.1, 0.15) is 12.0 Å². The van der Waals surface area contributed by atoms with Gasteiger partial charge in [-0.05, 0) is 47.4 Å². The maximum atomic E-state index is 12.4. The van der Waals surface area contributed by atoms with Gasteiger partial charge in [0.1, 0.15) is 5.82 Å². The first-order chi connectivity index (χ1) is 11.3. The van der Waals surface area contributed by atoms with Gasteiger partial charge in [-0.1, -0.05) is 42.5 Å². The number of fused-ring (bicyclic) bond motifs is 1.